The second kappa shape index (κ2) is 7.90. The first kappa shape index (κ1) is 19.9. The number of quaternary nitrogens is 1. The lowest BCUT2D eigenvalue weighted by molar-refractivity contribution is -0.907. The second-order valence-corrected chi connectivity index (χ2v) is 8.24. The highest BCUT2D eigenvalue weighted by molar-refractivity contribution is 5.99. The molecule has 2 aromatic carbocycles. The summed E-state index contributed by atoms with van der Waals surface area (Å²) in [7, 11) is 0. The molecule has 5 rings (SSSR count). The molecule has 1 aromatic heterocycles. The van der Waals surface area contributed by atoms with Crippen LogP contribution in [0.5, 0.6) is 0 Å². The molecule has 0 aliphatic carbocycles. The Balaban J connectivity index is 1.60. The van der Waals surface area contributed by atoms with E-state index in [1.54, 1.807) is 4.90 Å². The van der Waals surface area contributed by atoms with Crippen molar-refractivity contribution in [1.29, 1.82) is 0 Å². The number of ether oxygens (including phenoxy) is 1. The highest BCUT2D eigenvalue weighted by Gasteiger charge is 2.43. The third kappa shape index (κ3) is 3.54. The molecule has 3 aromatic rings. The number of fused-ring (bicyclic) bond motifs is 2. The van der Waals surface area contributed by atoms with Crippen LogP contribution in [0.15, 0.2) is 51.7 Å². The van der Waals surface area contributed by atoms with E-state index in [0.29, 0.717) is 25.3 Å². The molecule has 1 saturated heterocycles. The van der Waals surface area contributed by atoms with E-state index < -0.39 is 11.9 Å². The van der Waals surface area contributed by atoms with Gasteiger partial charge in [-0.2, -0.15) is 0 Å². The normalized spacial score (nSPS) is 19.2. The van der Waals surface area contributed by atoms with Crippen LogP contribution in [0.25, 0.3) is 11.0 Å². The second-order valence-electron chi connectivity index (χ2n) is 8.24. The maximum atomic E-state index is 13.8. The van der Waals surface area contributed by atoms with Crippen molar-refractivity contribution < 1.29 is 23.2 Å². The molecule has 2 aliphatic rings. The van der Waals surface area contributed by atoms with Crippen LogP contribution in [0, 0.1) is 12.7 Å². The van der Waals surface area contributed by atoms with E-state index in [9.17, 15) is 14.0 Å². The van der Waals surface area contributed by atoms with Gasteiger partial charge in [-0.15, -0.1) is 0 Å². The summed E-state index contributed by atoms with van der Waals surface area (Å²) in [6.07, 6.45) is 0. The molecule has 3 heterocycles. The van der Waals surface area contributed by atoms with Gasteiger partial charge >= 0.3 is 0 Å². The molecular formula is C24H24FN2O4+. The number of hydrogen-bond acceptors (Lipinski definition) is 4. The van der Waals surface area contributed by atoms with Crippen molar-refractivity contribution in [1.82, 2.24) is 4.90 Å². The van der Waals surface area contributed by atoms with Crippen LogP contribution in [-0.2, 0) is 4.74 Å². The third-order valence-corrected chi connectivity index (χ3v) is 6.23. The summed E-state index contributed by atoms with van der Waals surface area (Å²) in [6, 6.07) is 11.1. The zero-order valence-electron chi connectivity index (χ0n) is 17.3. The average Bonchev–Trinajstić information content (AvgIpc) is 3.06. The standard InChI is InChI=1S/C24H23FN2O4/c1-15-2-4-16(5-3-15)21-20-22(28)18-14-17(25)6-7-19(18)31-23(20)24(29)27(21)9-8-26-10-12-30-13-11-26/h2-7,14,21H,8-13H2,1H3/p+1/t21-/m0/s1. The summed E-state index contributed by atoms with van der Waals surface area (Å²) < 4.78 is 25.1. The Morgan fingerprint density at radius 2 is 1.84 bits per heavy atom. The molecule has 1 N–H and O–H groups in total. The fraction of sp³-hybridized carbons (Fsp3) is 0.333. The molecule has 1 fully saturated rings. The van der Waals surface area contributed by atoms with Gasteiger partial charge in [0.1, 0.15) is 24.5 Å². The highest BCUT2D eigenvalue weighted by Crippen LogP contribution is 2.37. The van der Waals surface area contributed by atoms with Crippen LogP contribution in [0.1, 0.15) is 33.3 Å². The highest BCUT2D eigenvalue weighted by atomic mass is 19.1. The maximum absolute atomic E-state index is 13.8. The maximum Gasteiger partial charge on any atom is 0.291 e. The van der Waals surface area contributed by atoms with Crippen molar-refractivity contribution in [3.05, 3.63) is 81.0 Å². The molecule has 0 radical (unpaired) electrons. The minimum absolute atomic E-state index is 0.0617. The fourth-order valence-electron chi connectivity index (χ4n) is 4.51. The SMILES string of the molecule is Cc1ccc([C@H]2c3c(oc4ccc(F)cc4c3=O)C(=O)N2CC[NH+]2CCOCC2)cc1. The lowest BCUT2D eigenvalue weighted by Gasteiger charge is -2.29. The molecular weight excluding hydrogens is 399 g/mol. The third-order valence-electron chi connectivity index (χ3n) is 6.23. The predicted molar refractivity (Wildman–Crippen MR) is 113 cm³/mol. The van der Waals surface area contributed by atoms with Gasteiger partial charge in [0, 0.05) is 0 Å². The topological polar surface area (TPSA) is 64.2 Å². The molecule has 1 amide bonds. The first-order valence-electron chi connectivity index (χ1n) is 10.6. The summed E-state index contributed by atoms with van der Waals surface area (Å²) >= 11 is 0. The molecule has 0 saturated carbocycles. The number of halogens is 1. The Hall–Kier alpha value is -3.03. The van der Waals surface area contributed by atoms with Gasteiger partial charge in [0.05, 0.1) is 43.3 Å². The Bertz CT molecular complexity index is 1200. The van der Waals surface area contributed by atoms with E-state index in [0.717, 1.165) is 30.8 Å². The number of morpholine rings is 1. The predicted octanol–water partition coefficient (Wildman–Crippen LogP) is 1.70. The molecule has 31 heavy (non-hydrogen) atoms. The van der Waals surface area contributed by atoms with E-state index in [4.69, 9.17) is 9.15 Å². The van der Waals surface area contributed by atoms with Crippen LogP contribution in [0.2, 0.25) is 0 Å². The molecule has 0 bridgehead atoms. The van der Waals surface area contributed by atoms with Crippen LogP contribution in [-0.4, -0.2) is 50.2 Å². The van der Waals surface area contributed by atoms with Crippen molar-refractivity contribution in [2.75, 3.05) is 39.4 Å². The Morgan fingerprint density at radius 3 is 2.58 bits per heavy atom. The number of rotatable bonds is 4. The van der Waals surface area contributed by atoms with Gasteiger partial charge in [-0.1, -0.05) is 29.8 Å². The quantitative estimate of drug-likeness (QED) is 0.694. The minimum atomic E-state index is -0.549. The largest absolute Gasteiger partial charge is 0.450 e. The number of aryl methyl sites for hydroxylation is 1. The van der Waals surface area contributed by atoms with Crippen LogP contribution in [0.3, 0.4) is 0 Å². The first-order valence-corrected chi connectivity index (χ1v) is 10.6. The molecule has 0 spiro atoms. The van der Waals surface area contributed by atoms with Gasteiger partial charge in [-0.05, 0) is 30.7 Å². The first-order chi connectivity index (χ1) is 15.0. The molecule has 6 nitrogen and oxygen atoms in total. The number of nitrogens with zero attached hydrogens (tertiary/aromatic N) is 1. The van der Waals surface area contributed by atoms with Gasteiger partial charge < -0.3 is 19.0 Å². The van der Waals surface area contributed by atoms with Crippen molar-refractivity contribution in [3.8, 4) is 0 Å². The smallest absolute Gasteiger partial charge is 0.291 e. The van der Waals surface area contributed by atoms with Gasteiger partial charge in [-0.3, -0.25) is 9.59 Å². The van der Waals surface area contributed by atoms with Crippen molar-refractivity contribution >= 4 is 16.9 Å². The van der Waals surface area contributed by atoms with E-state index >= 15 is 0 Å². The molecule has 7 heteroatoms. The Labute approximate surface area is 178 Å². The van der Waals surface area contributed by atoms with Gasteiger partial charge in [0.2, 0.25) is 5.76 Å². The summed E-state index contributed by atoms with van der Waals surface area (Å²) in [5.74, 6) is -0.744. The molecule has 0 unspecified atom stereocenters. The Kier molecular flexibility index (Phi) is 5.08. The Morgan fingerprint density at radius 1 is 1.10 bits per heavy atom. The molecule has 1 atom stereocenters. The van der Waals surface area contributed by atoms with E-state index in [1.165, 1.54) is 23.1 Å². The van der Waals surface area contributed by atoms with Crippen molar-refractivity contribution in [2.24, 2.45) is 0 Å². The van der Waals surface area contributed by atoms with Gasteiger partial charge in [-0.25, -0.2) is 4.39 Å². The lowest BCUT2D eigenvalue weighted by Crippen LogP contribution is -3.14. The summed E-state index contributed by atoms with van der Waals surface area (Å²) in [6.45, 7) is 6.44. The monoisotopic (exact) mass is 423 g/mol. The minimum Gasteiger partial charge on any atom is -0.450 e. The van der Waals surface area contributed by atoms with E-state index in [-0.39, 0.29) is 28.1 Å². The number of carbonyl (C=O) groups is 1. The lowest BCUT2D eigenvalue weighted by atomic mass is 9.97. The summed E-state index contributed by atoms with van der Waals surface area (Å²) in [5, 5.41) is 0.157. The number of carbonyl (C=O) groups excluding carboxylic acids is 1. The van der Waals surface area contributed by atoms with Gasteiger partial charge in [0.15, 0.2) is 5.43 Å². The van der Waals surface area contributed by atoms with Crippen LogP contribution >= 0.6 is 0 Å². The van der Waals surface area contributed by atoms with Crippen LogP contribution in [0.4, 0.5) is 4.39 Å². The van der Waals surface area contributed by atoms with Crippen molar-refractivity contribution in [2.45, 2.75) is 13.0 Å². The van der Waals surface area contributed by atoms with E-state index in [1.807, 2.05) is 31.2 Å². The fourth-order valence-corrected chi connectivity index (χ4v) is 4.51. The average molecular weight is 423 g/mol. The zero-order valence-corrected chi connectivity index (χ0v) is 17.3. The van der Waals surface area contributed by atoms with Gasteiger partial charge in [0.25, 0.3) is 5.91 Å². The van der Waals surface area contributed by atoms with E-state index in [2.05, 4.69) is 0 Å². The molecule has 2 aliphatic heterocycles. The summed E-state index contributed by atoms with van der Waals surface area (Å²) in [4.78, 5) is 29.8. The zero-order chi connectivity index (χ0) is 21.5. The number of amides is 1. The van der Waals surface area contributed by atoms with Crippen LogP contribution < -0.4 is 10.3 Å². The number of hydrogen-bond donors (Lipinski definition) is 1. The number of benzene rings is 2. The molecule has 160 valence electrons. The number of nitrogens with one attached hydrogen (secondary N) is 1. The van der Waals surface area contributed by atoms with Crippen molar-refractivity contribution in [3.63, 3.8) is 0 Å². The summed E-state index contributed by atoms with van der Waals surface area (Å²) in [5.41, 5.74) is 2.10.